The lowest BCUT2D eigenvalue weighted by atomic mass is 9.97. The zero-order chi connectivity index (χ0) is 15.6. The Balaban J connectivity index is 2.29. The van der Waals surface area contributed by atoms with Gasteiger partial charge in [0.2, 0.25) is 0 Å². The van der Waals surface area contributed by atoms with E-state index in [4.69, 9.17) is 9.97 Å². The van der Waals surface area contributed by atoms with Crippen molar-refractivity contribution in [2.75, 3.05) is 6.54 Å². The van der Waals surface area contributed by atoms with Gasteiger partial charge in [-0.1, -0.05) is 20.8 Å². The molecule has 5 heteroatoms. The van der Waals surface area contributed by atoms with Crippen LogP contribution in [0.25, 0.3) is 10.7 Å². The Morgan fingerprint density at radius 1 is 1.14 bits per heavy atom. The van der Waals surface area contributed by atoms with Gasteiger partial charge in [-0.2, -0.15) is 0 Å². The van der Waals surface area contributed by atoms with E-state index in [9.17, 15) is 0 Å². The molecule has 2 aromatic heterocycles. The highest BCUT2D eigenvalue weighted by atomic mass is 79.9. The van der Waals surface area contributed by atoms with Crippen LogP contribution in [0.2, 0.25) is 0 Å². The van der Waals surface area contributed by atoms with E-state index in [0.717, 1.165) is 32.4 Å². The van der Waals surface area contributed by atoms with E-state index in [1.807, 2.05) is 6.07 Å². The highest BCUT2D eigenvalue weighted by molar-refractivity contribution is 9.11. The molecule has 1 unspecified atom stereocenters. The molecule has 0 saturated carbocycles. The van der Waals surface area contributed by atoms with E-state index in [2.05, 4.69) is 61.9 Å². The van der Waals surface area contributed by atoms with E-state index in [1.54, 1.807) is 11.3 Å². The molecule has 0 aliphatic heterocycles. The second-order valence-corrected chi connectivity index (χ2v) is 8.16. The van der Waals surface area contributed by atoms with Gasteiger partial charge in [-0.05, 0) is 53.4 Å². The number of nitrogens with one attached hydrogen (secondary N) is 1. The summed E-state index contributed by atoms with van der Waals surface area (Å²) in [6.45, 7) is 11.7. The first-order valence-corrected chi connectivity index (χ1v) is 8.83. The second kappa shape index (κ2) is 6.99. The number of nitrogens with zero attached hydrogens (tertiary/aromatic N) is 2. The van der Waals surface area contributed by atoms with Crippen LogP contribution >= 0.6 is 27.3 Å². The van der Waals surface area contributed by atoms with Gasteiger partial charge in [0.25, 0.3) is 0 Å². The Hall–Kier alpha value is -0.780. The van der Waals surface area contributed by atoms with Crippen molar-refractivity contribution < 1.29 is 0 Å². The van der Waals surface area contributed by atoms with Gasteiger partial charge in [0, 0.05) is 24.0 Å². The first-order valence-electron chi connectivity index (χ1n) is 7.22. The fourth-order valence-corrected chi connectivity index (χ4v) is 3.82. The number of aromatic nitrogens is 2. The van der Waals surface area contributed by atoms with E-state index in [0.29, 0.717) is 12.0 Å². The molecule has 0 amide bonds. The van der Waals surface area contributed by atoms with Crippen molar-refractivity contribution in [3.05, 3.63) is 32.9 Å². The highest BCUT2D eigenvalue weighted by Gasteiger charge is 2.16. The van der Waals surface area contributed by atoms with E-state index in [1.165, 1.54) is 5.56 Å². The molecule has 1 atom stereocenters. The summed E-state index contributed by atoms with van der Waals surface area (Å²) in [5, 5.41) is 3.49. The summed E-state index contributed by atoms with van der Waals surface area (Å²) in [5.74, 6) is 1.24. The maximum absolute atomic E-state index is 4.72. The minimum absolute atomic E-state index is 0.413. The van der Waals surface area contributed by atoms with Crippen molar-refractivity contribution in [1.82, 2.24) is 15.3 Å². The number of halogens is 1. The Morgan fingerprint density at radius 2 is 1.76 bits per heavy atom. The minimum Gasteiger partial charge on any atom is -0.314 e. The first kappa shape index (κ1) is 16.6. The third-order valence-corrected chi connectivity index (χ3v) is 5.07. The largest absolute Gasteiger partial charge is 0.314 e. The third-order valence-electron chi connectivity index (χ3n) is 3.45. The monoisotopic (exact) mass is 367 g/mol. The minimum atomic E-state index is 0.413. The van der Waals surface area contributed by atoms with Gasteiger partial charge in [-0.15, -0.1) is 11.3 Å². The molecule has 2 aromatic rings. The molecule has 0 aromatic carbocycles. The summed E-state index contributed by atoms with van der Waals surface area (Å²) in [5.41, 5.74) is 3.43. The molecule has 3 nitrogen and oxygen atoms in total. The van der Waals surface area contributed by atoms with Crippen molar-refractivity contribution in [2.45, 2.75) is 46.6 Å². The molecule has 0 aliphatic carbocycles. The second-order valence-electron chi connectivity index (χ2n) is 5.70. The molecule has 0 radical (unpaired) electrons. The summed E-state index contributed by atoms with van der Waals surface area (Å²) in [6, 6.07) is 4.60. The molecule has 1 N–H and O–H groups in total. The molecule has 0 fully saturated rings. The fourth-order valence-electron chi connectivity index (χ4n) is 2.50. The molecule has 0 aliphatic rings. The van der Waals surface area contributed by atoms with Gasteiger partial charge in [0.1, 0.15) is 0 Å². The summed E-state index contributed by atoms with van der Waals surface area (Å²) < 4.78 is 1.11. The van der Waals surface area contributed by atoms with Crippen molar-refractivity contribution in [1.29, 1.82) is 0 Å². The number of aryl methyl sites for hydroxylation is 2. The lowest BCUT2D eigenvalue weighted by Gasteiger charge is -2.19. The fraction of sp³-hybridized carbons (Fsp3) is 0.500. The van der Waals surface area contributed by atoms with Crippen molar-refractivity contribution in [2.24, 2.45) is 0 Å². The van der Waals surface area contributed by atoms with Gasteiger partial charge >= 0.3 is 0 Å². The number of hydrogen-bond donors (Lipinski definition) is 1. The molecule has 0 bridgehead atoms. The van der Waals surface area contributed by atoms with Crippen molar-refractivity contribution >= 4 is 27.3 Å². The van der Waals surface area contributed by atoms with Gasteiger partial charge in [-0.25, -0.2) is 9.97 Å². The van der Waals surface area contributed by atoms with Crippen LogP contribution in [0.1, 0.15) is 43.6 Å². The molecule has 0 saturated heterocycles. The summed E-state index contributed by atoms with van der Waals surface area (Å²) in [7, 11) is 0. The van der Waals surface area contributed by atoms with Crippen LogP contribution < -0.4 is 5.32 Å². The van der Waals surface area contributed by atoms with Crippen LogP contribution in [0.3, 0.4) is 0 Å². The van der Waals surface area contributed by atoms with Crippen LogP contribution in [0.15, 0.2) is 15.9 Å². The molecule has 114 valence electrons. The Morgan fingerprint density at radius 3 is 2.24 bits per heavy atom. The number of hydrogen-bond acceptors (Lipinski definition) is 4. The van der Waals surface area contributed by atoms with Crippen LogP contribution in [0, 0.1) is 13.8 Å². The summed E-state index contributed by atoms with van der Waals surface area (Å²) in [6.07, 6.45) is 0. The maximum atomic E-state index is 4.72. The SMILES string of the molecule is Cc1nc(-c2ccc(Br)s2)nc(C)c1C(C)CNC(C)C. The van der Waals surface area contributed by atoms with Crippen LogP contribution in [-0.2, 0) is 0 Å². The smallest absolute Gasteiger partial charge is 0.169 e. The molecule has 2 heterocycles. The average Bonchev–Trinajstić information content (AvgIpc) is 2.82. The zero-order valence-corrected chi connectivity index (χ0v) is 15.6. The van der Waals surface area contributed by atoms with Gasteiger partial charge in [0.05, 0.1) is 8.66 Å². The molecule has 21 heavy (non-hydrogen) atoms. The van der Waals surface area contributed by atoms with Gasteiger partial charge in [0.15, 0.2) is 5.82 Å². The number of rotatable bonds is 5. The number of thiophene rings is 1. The summed E-state index contributed by atoms with van der Waals surface area (Å²) >= 11 is 5.16. The molecule has 0 spiro atoms. The first-order chi connectivity index (χ1) is 9.88. The van der Waals surface area contributed by atoms with Gasteiger partial charge in [-0.3, -0.25) is 0 Å². The third kappa shape index (κ3) is 4.11. The maximum Gasteiger partial charge on any atom is 0.169 e. The Labute approximate surface area is 139 Å². The van der Waals surface area contributed by atoms with E-state index in [-0.39, 0.29) is 0 Å². The highest BCUT2D eigenvalue weighted by Crippen LogP contribution is 2.31. The normalized spacial score (nSPS) is 12.9. The Bertz CT molecular complexity index is 599. The topological polar surface area (TPSA) is 37.8 Å². The van der Waals surface area contributed by atoms with E-state index >= 15 is 0 Å². The van der Waals surface area contributed by atoms with E-state index < -0.39 is 0 Å². The quantitative estimate of drug-likeness (QED) is 0.832. The lowest BCUT2D eigenvalue weighted by molar-refractivity contribution is 0.544. The molecule has 2 rings (SSSR count). The summed E-state index contributed by atoms with van der Waals surface area (Å²) in [4.78, 5) is 10.5. The molecular formula is C16H22BrN3S. The van der Waals surface area contributed by atoms with Crippen molar-refractivity contribution in [3.8, 4) is 10.7 Å². The standard InChI is InChI=1S/C16H22BrN3S/c1-9(2)18-8-10(3)15-11(4)19-16(20-12(15)5)13-6-7-14(17)21-13/h6-7,9-10,18H,8H2,1-5H3. The van der Waals surface area contributed by atoms with Crippen LogP contribution in [0.5, 0.6) is 0 Å². The van der Waals surface area contributed by atoms with Crippen LogP contribution in [0.4, 0.5) is 0 Å². The van der Waals surface area contributed by atoms with Crippen LogP contribution in [-0.4, -0.2) is 22.6 Å². The average molecular weight is 368 g/mol. The molecular weight excluding hydrogens is 346 g/mol. The van der Waals surface area contributed by atoms with Gasteiger partial charge < -0.3 is 5.32 Å². The lowest BCUT2D eigenvalue weighted by Crippen LogP contribution is -2.27. The Kier molecular flexibility index (Phi) is 5.52. The van der Waals surface area contributed by atoms with Crippen molar-refractivity contribution in [3.63, 3.8) is 0 Å². The predicted octanol–water partition coefficient (Wildman–Crippen LogP) is 4.69. The zero-order valence-electron chi connectivity index (χ0n) is 13.2. The predicted molar refractivity (Wildman–Crippen MR) is 94.1 cm³/mol.